The van der Waals surface area contributed by atoms with Gasteiger partial charge in [-0.25, -0.2) is 9.59 Å². The van der Waals surface area contributed by atoms with Gasteiger partial charge in [0.05, 0.1) is 0 Å². The fourth-order valence-electron chi connectivity index (χ4n) is 1.53. The Balaban J connectivity index is 4.76. The third kappa shape index (κ3) is 5.58. The number of rotatable bonds is 5. The van der Waals surface area contributed by atoms with E-state index in [0.717, 1.165) is 0 Å². The second-order valence-electron chi connectivity index (χ2n) is 5.88. The van der Waals surface area contributed by atoms with Gasteiger partial charge in [0.1, 0.15) is 12.1 Å². The number of hydrogen-bond acceptors (Lipinski definition) is 3. The molecule has 0 saturated heterocycles. The highest BCUT2D eigenvalue weighted by Gasteiger charge is 2.33. The van der Waals surface area contributed by atoms with Crippen LogP contribution in [0.2, 0.25) is 0 Å². The van der Waals surface area contributed by atoms with E-state index in [0.29, 0.717) is 0 Å². The van der Waals surface area contributed by atoms with Crippen LogP contribution in [-0.2, 0) is 9.59 Å². The average Bonchev–Trinajstić information content (AvgIpc) is 2.19. The van der Waals surface area contributed by atoms with Crippen molar-refractivity contribution in [3.8, 4) is 0 Å². The molecule has 1 unspecified atom stereocenters. The van der Waals surface area contributed by atoms with Gasteiger partial charge in [0.2, 0.25) is 5.91 Å². The summed E-state index contributed by atoms with van der Waals surface area (Å²) in [7, 11) is 0. The van der Waals surface area contributed by atoms with Crippen molar-refractivity contribution >= 4 is 17.9 Å². The molecule has 0 fully saturated rings. The van der Waals surface area contributed by atoms with Crippen LogP contribution < -0.4 is 16.4 Å². The highest BCUT2D eigenvalue weighted by atomic mass is 16.4. The number of nitrogens with two attached hydrogens (primary N) is 1. The van der Waals surface area contributed by atoms with Crippen molar-refractivity contribution in [2.24, 2.45) is 17.1 Å². The Bertz CT molecular complexity index is 360. The summed E-state index contributed by atoms with van der Waals surface area (Å²) < 4.78 is 0. The number of carbonyl (C=O) groups is 3. The second-order valence-corrected chi connectivity index (χ2v) is 5.88. The minimum Gasteiger partial charge on any atom is -0.480 e. The number of hydrogen-bond donors (Lipinski definition) is 4. The molecule has 0 radical (unpaired) electrons. The Kier molecular flexibility index (Phi) is 5.80. The minimum atomic E-state index is -1.14. The van der Waals surface area contributed by atoms with Crippen LogP contribution in [0, 0.1) is 11.3 Å². The molecule has 0 bridgehead atoms. The molecule has 7 heteroatoms. The van der Waals surface area contributed by atoms with E-state index < -0.39 is 35.4 Å². The van der Waals surface area contributed by atoms with Crippen molar-refractivity contribution in [2.75, 3.05) is 0 Å². The number of aliphatic carboxylic acids is 1. The lowest BCUT2D eigenvalue weighted by atomic mass is 9.87. The van der Waals surface area contributed by atoms with E-state index in [4.69, 9.17) is 10.8 Å². The molecular weight excluding hydrogens is 250 g/mol. The molecule has 0 aromatic carbocycles. The summed E-state index contributed by atoms with van der Waals surface area (Å²) in [6.45, 7) is 8.54. The normalized spacial score (nSPS) is 14.6. The number of carbonyl (C=O) groups excluding carboxylic acids is 2. The number of nitrogens with one attached hydrogen (secondary N) is 2. The molecule has 110 valence electrons. The van der Waals surface area contributed by atoms with E-state index in [9.17, 15) is 14.4 Å². The Hall–Kier alpha value is -1.79. The van der Waals surface area contributed by atoms with Gasteiger partial charge in [-0.1, -0.05) is 34.6 Å². The number of urea groups is 1. The van der Waals surface area contributed by atoms with Crippen LogP contribution in [0.1, 0.15) is 34.6 Å². The largest absolute Gasteiger partial charge is 0.480 e. The van der Waals surface area contributed by atoms with Crippen LogP contribution in [0.4, 0.5) is 4.79 Å². The van der Waals surface area contributed by atoms with Gasteiger partial charge < -0.3 is 21.5 Å². The van der Waals surface area contributed by atoms with Crippen molar-refractivity contribution in [3.05, 3.63) is 0 Å². The molecular formula is C12H23N3O4. The van der Waals surface area contributed by atoms with Gasteiger partial charge in [-0.2, -0.15) is 0 Å². The predicted octanol–water partition coefficient (Wildman–Crippen LogP) is 0.295. The van der Waals surface area contributed by atoms with Gasteiger partial charge in [0.25, 0.3) is 0 Å². The van der Waals surface area contributed by atoms with Crippen LogP contribution in [0.25, 0.3) is 0 Å². The first-order chi connectivity index (χ1) is 8.46. The van der Waals surface area contributed by atoms with Crippen LogP contribution in [0.3, 0.4) is 0 Å². The molecule has 2 atom stereocenters. The summed E-state index contributed by atoms with van der Waals surface area (Å²) in [4.78, 5) is 34.0. The molecule has 3 amide bonds. The maximum absolute atomic E-state index is 11.7. The van der Waals surface area contributed by atoms with Crippen molar-refractivity contribution in [3.63, 3.8) is 0 Å². The number of carboxylic acids is 1. The van der Waals surface area contributed by atoms with E-state index in [1.807, 2.05) is 0 Å². The number of primary amides is 1. The van der Waals surface area contributed by atoms with Crippen molar-refractivity contribution in [1.82, 2.24) is 10.6 Å². The quantitative estimate of drug-likeness (QED) is 0.575. The molecule has 0 aromatic rings. The predicted molar refractivity (Wildman–Crippen MR) is 70.4 cm³/mol. The SMILES string of the molecule is CC(C)C(NC(=O)N[C@H](C(=O)O)C(C)(C)C)C(N)=O. The van der Waals surface area contributed by atoms with Gasteiger partial charge in [-0.3, -0.25) is 4.79 Å². The van der Waals surface area contributed by atoms with Gasteiger partial charge in [0.15, 0.2) is 0 Å². The average molecular weight is 273 g/mol. The second kappa shape index (κ2) is 6.40. The summed E-state index contributed by atoms with van der Waals surface area (Å²) in [5.74, 6) is -1.98. The molecule has 0 aromatic heterocycles. The van der Waals surface area contributed by atoms with Crippen LogP contribution in [0.15, 0.2) is 0 Å². The van der Waals surface area contributed by atoms with Gasteiger partial charge in [-0.15, -0.1) is 0 Å². The van der Waals surface area contributed by atoms with E-state index in [-0.39, 0.29) is 5.92 Å². The lowest BCUT2D eigenvalue weighted by molar-refractivity contribution is -0.141. The highest BCUT2D eigenvalue weighted by Crippen LogP contribution is 2.19. The van der Waals surface area contributed by atoms with Gasteiger partial charge in [-0.05, 0) is 11.3 Å². The fourth-order valence-corrected chi connectivity index (χ4v) is 1.53. The van der Waals surface area contributed by atoms with Gasteiger partial charge >= 0.3 is 12.0 Å². The van der Waals surface area contributed by atoms with Crippen molar-refractivity contribution in [1.29, 1.82) is 0 Å². The number of carboxylic acid groups (broad SMARTS) is 1. The smallest absolute Gasteiger partial charge is 0.326 e. The Morgan fingerprint density at radius 2 is 1.58 bits per heavy atom. The molecule has 0 aliphatic carbocycles. The van der Waals surface area contributed by atoms with Crippen molar-refractivity contribution in [2.45, 2.75) is 46.7 Å². The molecule has 0 saturated carbocycles. The molecule has 0 aliphatic heterocycles. The third-order valence-corrected chi connectivity index (χ3v) is 2.65. The van der Waals surface area contributed by atoms with Crippen LogP contribution in [0.5, 0.6) is 0 Å². The molecule has 19 heavy (non-hydrogen) atoms. The first kappa shape index (κ1) is 17.2. The lowest BCUT2D eigenvalue weighted by Gasteiger charge is -2.29. The molecule has 0 heterocycles. The molecule has 0 rings (SSSR count). The van der Waals surface area contributed by atoms with E-state index >= 15 is 0 Å². The fraction of sp³-hybridized carbons (Fsp3) is 0.750. The van der Waals surface area contributed by atoms with E-state index in [1.54, 1.807) is 34.6 Å². The first-order valence-electron chi connectivity index (χ1n) is 6.06. The standard InChI is InChI=1S/C12H23N3O4/c1-6(2)7(9(13)16)14-11(19)15-8(10(17)18)12(3,4)5/h6-8H,1-5H3,(H2,13,16)(H,17,18)(H2,14,15,19)/t7?,8-/m1/s1. The van der Waals surface area contributed by atoms with E-state index in [1.165, 1.54) is 0 Å². The summed E-state index contributed by atoms with van der Waals surface area (Å²) in [6, 6.07) is -2.62. The van der Waals surface area contributed by atoms with E-state index in [2.05, 4.69) is 10.6 Å². The minimum absolute atomic E-state index is 0.179. The zero-order chi connectivity index (χ0) is 15.4. The molecule has 7 nitrogen and oxygen atoms in total. The Morgan fingerprint density at radius 1 is 1.11 bits per heavy atom. The highest BCUT2D eigenvalue weighted by molar-refractivity contribution is 5.88. The lowest BCUT2D eigenvalue weighted by Crippen LogP contribution is -2.57. The molecule has 0 spiro atoms. The molecule has 5 N–H and O–H groups in total. The monoisotopic (exact) mass is 273 g/mol. The zero-order valence-corrected chi connectivity index (χ0v) is 12.0. The topological polar surface area (TPSA) is 122 Å². The Morgan fingerprint density at radius 3 is 1.84 bits per heavy atom. The maximum Gasteiger partial charge on any atom is 0.326 e. The summed E-state index contributed by atoms with van der Waals surface area (Å²) in [5.41, 5.74) is 4.51. The van der Waals surface area contributed by atoms with Crippen LogP contribution >= 0.6 is 0 Å². The van der Waals surface area contributed by atoms with Gasteiger partial charge in [0, 0.05) is 0 Å². The summed E-state index contributed by atoms with van der Waals surface area (Å²) >= 11 is 0. The van der Waals surface area contributed by atoms with Crippen LogP contribution in [-0.4, -0.2) is 35.1 Å². The molecule has 0 aliphatic rings. The number of amides is 3. The summed E-state index contributed by atoms with van der Waals surface area (Å²) in [6.07, 6.45) is 0. The summed E-state index contributed by atoms with van der Waals surface area (Å²) in [5, 5.41) is 13.8. The maximum atomic E-state index is 11.7. The third-order valence-electron chi connectivity index (χ3n) is 2.65. The first-order valence-corrected chi connectivity index (χ1v) is 6.06. The zero-order valence-electron chi connectivity index (χ0n) is 12.0. The Labute approximate surface area is 112 Å². The van der Waals surface area contributed by atoms with Crippen molar-refractivity contribution < 1.29 is 19.5 Å².